The van der Waals surface area contributed by atoms with E-state index in [4.69, 9.17) is 0 Å². The van der Waals surface area contributed by atoms with Crippen LogP contribution in [0.1, 0.15) is 53.9 Å². The molecule has 1 aromatic carbocycles. The number of fused-ring (bicyclic) bond motifs is 1. The van der Waals surface area contributed by atoms with Crippen LogP contribution >= 0.6 is 11.3 Å². The summed E-state index contributed by atoms with van der Waals surface area (Å²) >= 11 is 1.45. The number of amides is 1. The lowest BCUT2D eigenvalue weighted by atomic mass is 9.91. The Kier molecular flexibility index (Phi) is 5.55. The van der Waals surface area contributed by atoms with Crippen LogP contribution in [0.15, 0.2) is 35.7 Å². The maximum Gasteiger partial charge on any atom is 0.265 e. The maximum atomic E-state index is 12.3. The number of nitrogens with zero attached hydrogens (tertiary/aromatic N) is 2. The predicted molar refractivity (Wildman–Crippen MR) is 112 cm³/mol. The molecule has 3 aromatic rings. The minimum Gasteiger partial charge on any atom is -0.321 e. The molecule has 27 heavy (non-hydrogen) atoms. The van der Waals surface area contributed by atoms with E-state index in [1.165, 1.54) is 30.7 Å². The molecule has 0 atom stereocenters. The molecule has 1 aliphatic rings. The van der Waals surface area contributed by atoms with Crippen LogP contribution in [0, 0.1) is 0 Å². The van der Waals surface area contributed by atoms with Crippen molar-refractivity contribution in [2.75, 3.05) is 25.0 Å². The lowest BCUT2D eigenvalue weighted by Gasteiger charge is -2.31. The molecule has 1 amide bonds. The molecule has 0 bridgehead atoms. The second kappa shape index (κ2) is 8.23. The number of rotatable bonds is 6. The first kappa shape index (κ1) is 18.2. The highest BCUT2D eigenvalue weighted by atomic mass is 32.1. The number of aromatic amines is 1. The van der Waals surface area contributed by atoms with Crippen molar-refractivity contribution in [3.05, 3.63) is 46.3 Å². The first-order valence-corrected chi connectivity index (χ1v) is 10.7. The third kappa shape index (κ3) is 4.06. The topological polar surface area (TPSA) is 61.0 Å². The molecule has 2 aromatic heterocycles. The number of nitrogens with one attached hydrogen (secondary N) is 2. The number of piperidine rings is 1. The molecule has 6 heteroatoms. The smallest absolute Gasteiger partial charge is 0.265 e. The Hall–Kier alpha value is -2.18. The van der Waals surface area contributed by atoms with Gasteiger partial charge in [0, 0.05) is 17.0 Å². The van der Waals surface area contributed by atoms with Crippen molar-refractivity contribution in [3.63, 3.8) is 0 Å². The number of unbranched alkanes of at least 4 members (excludes halogenated alkanes) is 1. The van der Waals surface area contributed by atoms with Crippen molar-refractivity contribution < 1.29 is 4.79 Å². The van der Waals surface area contributed by atoms with Crippen LogP contribution < -0.4 is 5.32 Å². The van der Waals surface area contributed by atoms with Gasteiger partial charge < -0.3 is 10.2 Å². The van der Waals surface area contributed by atoms with Gasteiger partial charge in [-0.05, 0) is 68.5 Å². The minimum absolute atomic E-state index is 0.0568. The quantitative estimate of drug-likeness (QED) is 0.640. The molecular weight excluding hydrogens is 356 g/mol. The monoisotopic (exact) mass is 382 g/mol. The fourth-order valence-corrected chi connectivity index (χ4v) is 4.45. The molecule has 4 rings (SSSR count). The van der Waals surface area contributed by atoms with E-state index in [9.17, 15) is 4.79 Å². The third-order valence-electron chi connectivity index (χ3n) is 5.40. The predicted octanol–water partition coefficient (Wildman–Crippen LogP) is 4.86. The number of carbonyl (C=O) groups excluding carboxylic acids is 1. The number of carbonyl (C=O) groups is 1. The second-order valence-corrected chi connectivity index (χ2v) is 8.22. The second-order valence-electron chi connectivity index (χ2n) is 7.27. The summed E-state index contributed by atoms with van der Waals surface area (Å²) in [6.45, 7) is 5.75. The number of benzene rings is 1. The van der Waals surface area contributed by atoms with Crippen LogP contribution in [0.4, 0.5) is 5.69 Å². The highest BCUT2D eigenvalue weighted by Gasteiger charge is 2.24. The summed E-state index contributed by atoms with van der Waals surface area (Å²) in [6, 6.07) is 9.73. The molecule has 0 unspecified atom stereocenters. The summed E-state index contributed by atoms with van der Waals surface area (Å²) in [5.41, 5.74) is 3.00. The molecule has 5 nitrogen and oxygen atoms in total. The summed E-state index contributed by atoms with van der Waals surface area (Å²) < 4.78 is 0. The molecule has 0 aliphatic carbocycles. The van der Waals surface area contributed by atoms with Gasteiger partial charge >= 0.3 is 0 Å². The van der Waals surface area contributed by atoms with E-state index in [-0.39, 0.29) is 5.91 Å². The summed E-state index contributed by atoms with van der Waals surface area (Å²) in [4.78, 5) is 15.6. The molecular formula is C21H26N4OS. The van der Waals surface area contributed by atoms with E-state index in [1.54, 1.807) is 0 Å². The van der Waals surface area contributed by atoms with Crippen LogP contribution in [0.2, 0.25) is 0 Å². The number of anilines is 1. The fourth-order valence-electron chi connectivity index (χ4n) is 3.84. The highest BCUT2D eigenvalue weighted by Crippen LogP contribution is 2.33. The van der Waals surface area contributed by atoms with Gasteiger partial charge in [-0.25, -0.2) is 0 Å². The summed E-state index contributed by atoms with van der Waals surface area (Å²) in [5.74, 6) is 0.429. The molecule has 1 saturated heterocycles. The molecule has 0 saturated carbocycles. The van der Waals surface area contributed by atoms with Gasteiger partial charge in [0.15, 0.2) is 0 Å². The number of likely N-dealkylation sites (tertiary alicyclic amines) is 1. The van der Waals surface area contributed by atoms with Crippen molar-refractivity contribution in [1.29, 1.82) is 0 Å². The maximum absolute atomic E-state index is 12.3. The zero-order chi connectivity index (χ0) is 18.6. The van der Waals surface area contributed by atoms with E-state index in [0.29, 0.717) is 5.92 Å². The Morgan fingerprint density at radius 1 is 1.33 bits per heavy atom. The first-order valence-electron chi connectivity index (χ1n) is 9.80. The molecule has 0 radical (unpaired) electrons. The highest BCUT2D eigenvalue weighted by molar-refractivity contribution is 7.12. The van der Waals surface area contributed by atoms with E-state index in [1.807, 2.05) is 29.6 Å². The number of aromatic nitrogens is 2. The number of H-pyrrole nitrogens is 1. The van der Waals surface area contributed by atoms with E-state index in [2.05, 4.69) is 33.4 Å². The minimum atomic E-state index is -0.0568. The average Bonchev–Trinajstić information content (AvgIpc) is 3.36. The van der Waals surface area contributed by atoms with E-state index >= 15 is 0 Å². The molecule has 0 spiro atoms. The Bertz CT molecular complexity index is 894. The third-order valence-corrected chi connectivity index (χ3v) is 6.27. The van der Waals surface area contributed by atoms with Crippen LogP contribution in [0.3, 0.4) is 0 Å². The van der Waals surface area contributed by atoms with Crippen LogP contribution in [0.5, 0.6) is 0 Å². The van der Waals surface area contributed by atoms with Crippen molar-refractivity contribution in [2.24, 2.45) is 0 Å². The lowest BCUT2D eigenvalue weighted by molar-refractivity contribution is 0.103. The van der Waals surface area contributed by atoms with Crippen molar-refractivity contribution >= 4 is 33.8 Å². The fraction of sp³-hybridized carbons (Fsp3) is 0.429. The van der Waals surface area contributed by atoms with Gasteiger partial charge in [-0.2, -0.15) is 5.10 Å². The molecule has 142 valence electrons. The van der Waals surface area contributed by atoms with Gasteiger partial charge in [0.2, 0.25) is 0 Å². The van der Waals surface area contributed by atoms with Crippen LogP contribution in [0.25, 0.3) is 10.9 Å². The van der Waals surface area contributed by atoms with Crippen molar-refractivity contribution in [1.82, 2.24) is 15.1 Å². The van der Waals surface area contributed by atoms with E-state index < -0.39 is 0 Å². The largest absolute Gasteiger partial charge is 0.321 e. The number of thiophene rings is 1. The standard InChI is InChI=1S/C21H26N4OS/c1-2-3-10-25-11-8-15(9-12-25)20-17-14-16(6-7-18(17)23-24-20)22-21(26)19-5-4-13-27-19/h4-7,13-15H,2-3,8-12H2,1H3,(H,22,26)(H,23,24). The Labute approximate surface area is 163 Å². The zero-order valence-corrected chi connectivity index (χ0v) is 16.5. The molecule has 3 heterocycles. The SMILES string of the molecule is CCCCN1CCC(c2n[nH]c3ccc(NC(=O)c4cccs4)cc23)CC1. The Morgan fingerprint density at radius 3 is 2.93 bits per heavy atom. The summed E-state index contributed by atoms with van der Waals surface area (Å²) in [5, 5.41) is 13.8. The number of hydrogen-bond donors (Lipinski definition) is 2. The zero-order valence-electron chi connectivity index (χ0n) is 15.7. The van der Waals surface area contributed by atoms with Crippen molar-refractivity contribution in [3.8, 4) is 0 Å². The van der Waals surface area contributed by atoms with Crippen LogP contribution in [-0.2, 0) is 0 Å². The van der Waals surface area contributed by atoms with Gasteiger partial charge in [-0.3, -0.25) is 9.89 Å². The Morgan fingerprint density at radius 2 is 2.19 bits per heavy atom. The van der Waals surface area contributed by atoms with Crippen molar-refractivity contribution in [2.45, 2.75) is 38.5 Å². The summed E-state index contributed by atoms with van der Waals surface area (Å²) in [7, 11) is 0. The lowest BCUT2D eigenvalue weighted by Crippen LogP contribution is -2.33. The van der Waals surface area contributed by atoms with Gasteiger partial charge in [0.25, 0.3) is 5.91 Å². The Balaban J connectivity index is 1.48. The van der Waals surface area contributed by atoms with Crippen LogP contribution in [-0.4, -0.2) is 40.6 Å². The first-order chi connectivity index (χ1) is 13.2. The van der Waals surface area contributed by atoms with Gasteiger partial charge in [-0.15, -0.1) is 11.3 Å². The van der Waals surface area contributed by atoms with E-state index in [0.717, 1.165) is 53.1 Å². The number of hydrogen-bond acceptors (Lipinski definition) is 4. The normalized spacial score (nSPS) is 16.0. The average molecular weight is 383 g/mol. The molecule has 2 N–H and O–H groups in total. The molecule has 1 fully saturated rings. The van der Waals surface area contributed by atoms with Gasteiger partial charge in [0.1, 0.15) is 0 Å². The molecule has 1 aliphatic heterocycles. The summed E-state index contributed by atoms with van der Waals surface area (Å²) in [6.07, 6.45) is 4.83. The van der Waals surface area contributed by atoms with Gasteiger partial charge in [-0.1, -0.05) is 19.4 Å². The van der Waals surface area contributed by atoms with Gasteiger partial charge in [0.05, 0.1) is 16.1 Å².